The van der Waals surface area contributed by atoms with Gasteiger partial charge in [0.25, 0.3) is 0 Å². The zero-order chi connectivity index (χ0) is 32.3. The Morgan fingerprint density at radius 1 is 0.367 bits per heavy atom. The molecular formula is C46H28N2S. The molecule has 0 saturated heterocycles. The predicted molar refractivity (Wildman–Crippen MR) is 209 cm³/mol. The summed E-state index contributed by atoms with van der Waals surface area (Å²) in [4.78, 5) is 10.7. The van der Waals surface area contributed by atoms with Gasteiger partial charge in [0.15, 0.2) is 5.82 Å². The standard InChI is InChI=1S/C46H28N2S/c1-3-13-29(14-4-1)32-25-33(40-28-41-35-18-8-7-15-30(35)23-24-38(41)36-19-9-10-20-37(36)40)27-34(26-32)46-47-43(31-16-5-2-6-17-31)45-44(48-46)39-21-11-12-22-42(39)49-45/h1-28H. The third-order valence-corrected chi connectivity index (χ3v) is 10.8. The molecule has 2 nitrogen and oxygen atoms in total. The molecule has 0 bridgehead atoms. The number of thiophene rings is 1. The average Bonchev–Trinajstić information content (AvgIpc) is 3.56. The second kappa shape index (κ2) is 11.2. The van der Waals surface area contributed by atoms with Gasteiger partial charge in [-0.15, -0.1) is 11.3 Å². The molecular weight excluding hydrogens is 613 g/mol. The van der Waals surface area contributed by atoms with Crippen molar-refractivity contribution in [3.63, 3.8) is 0 Å². The van der Waals surface area contributed by atoms with Crippen molar-refractivity contribution in [3.8, 4) is 44.9 Å². The van der Waals surface area contributed by atoms with E-state index in [-0.39, 0.29) is 0 Å². The summed E-state index contributed by atoms with van der Waals surface area (Å²) in [5.41, 5.74) is 8.69. The Labute approximate surface area is 287 Å². The quantitative estimate of drug-likeness (QED) is 0.179. The van der Waals surface area contributed by atoms with Crippen LogP contribution in [0, 0.1) is 0 Å². The van der Waals surface area contributed by atoms with Gasteiger partial charge in [-0.2, -0.15) is 0 Å². The Balaban J connectivity index is 1.29. The highest BCUT2D eigenvalue weighted by Gasteiger charge is 2.19. The fourth-order valence-corrected chi connectivity index (χ4v) is 8.47. The molecule has 0 unspecified atom stereocenters. The second-order valence-corrected chi connectivity index (χ2v) is 13.6. The van der Waals surface area contributed by atoms with Gasteiger partial charge in [-0.1, -0.05) is 140 Å². The lowest BCUT2D eigenvalue weighted by atomic mass is 9.89. The van der Waals surface area contributed by atoms with Crippen LogP contribution in [0.3, 0.4) is 0 Å². The summed E-state index contributed by atoms with van der Waals surface area (Å²) in [6, 6.07) is 61.0. The zero-order valence-electron chi connectivity index (χ0n) is 26.5. The maximum Gasteiger partial charge on any atom is 0.160 e. The highest BCUT2D eigenvalue weighted by molar-refractivity contribution is 7.26. The summed E-state index contributed by atoms with van der Waals surface area (Å²) in [5, 5.41) is 8.67. The first-order valence-corrected chi connectivity index (χ1v) is 17.4. The molecule has 0 spiro atoms. The molecule has 0 aliphatic rings. The number of hydrogen-bond donors (Lipinski definition) is 0. The smallest absolute Gasteiger partial charge is 0.160 e. The van der Waals surface area contributed by atoms with E-state index in [0.717, 1.165) is 54.9 Å². The lowest BCUT2D eigenvalue weighted by Gasteiger charge is -2.16. The lowest BCUT2D eigenvalue weighted by Crippen LogP contribution is -1.95. The van der Waals surface area contributed by atoms with Crippen LogP contribution in [0.4, 0.5) is 0 Å². The van der Waals surface area contributed by atoms with Crippen LogP contribution >= 0.6 is 11.3 Å². The lowest BCUT2D eigenvalue weighted by molar-refractivity contribution is 1.24. The molecule has 2 aromatic heterocycles. The van der Waals surface area contributed by atoms with E-state index in [1.165, 1.54) is 42.6 Å². The topological polar surface area (TPSA) is 25.8 Å². The number of fused-ring (bicyclic) bond motifs is 8. The maximum absolute atomic E-state index is 5.36. The summed E-state index contributed by atoms with van der Waals surface area (Å²) < 4.78 is 2.33. The van der Waals surface area contributed by atoms with Gasteiger partial charge in [-0.3, -0.25) is 0 Å². The highest BCUT2D eigenvalue weighted by atomic mass is 32.1. The van der Waals surface area contributed by atoms with Gasteiger partial charge in [0, 0.05) is 21.2 Å². The van der Waals surface area contributed by atoms with Crippen molar-refractivity contribution < 1.29 is 0 Å². The summed E-state index contributed by atoms with van der Waals surface area (Å²) in [6.45, 7) is 0. The number of benzene rings is 8. The largest absolute Gasteiger partial charge is 0.226 e. The van der Waals surface area contributed by atoms with Crippen LogP contribution in [0.2, 0.25) is 0 Å². The summed E-state index contributed by atoms with van der Waals surface area (Å²) in [6.07, 6.45) is 0. The SMILES string of the molecule is c1ccc(-c2cc(-c3nc(-c4ccccc4)c4sc5ccccc5c4n3)cc(-c3cc4c5ccccc5ccc4c4ccccc34)c2)cc1. The number of aromatic nitrogens is 2. The number of nitrogens with zero attached hydrogens (tertiary/aromatic N) is 2. The van der Waals surface area contributed by atoms with Gasteiger partial charge >= 0.3 is 0 Å². The number of hydrogen-bond acceptors (Lipinski definition) is 3. The monoisotopic (exact) mass is 640 g/mol. The summed E-state index contributed by atoms with van der Waals surface area (Å²) in [7, 11) is 0. The molecule has 49 heavy (non-hydrogen) atoms. The molecule has 0 aliphatic heterocycles. The molecule has 0 aliphatic carbocycles. The molecule has 10 rings (SSSR count). The zero-order valence-corrected chi connectivity index (χ0v) is 27.3. The Kier molecular flexibility index (Phi) is 6.39. The van der Waals surface area contributed by atoms with Crippen LogP contribution in [0.15, 0.2) is 170 Å². The molecule has 0 radical (unpaired) electrons. The molecule has 10 aromatic rings. The third kappa shape index (κ3) is 4.62. The van der Waals surface area contributed by atoms with E-state index in [2.05, 4.69) is 170 Å². The summed E-state index contributed by atoms with van der Waals surface area (Å²) >= 11 is 1.77. The van der Waals surface area contributed by atoms with Gasteiger partial charge in [0.1, 0.15) is 0 Å². The first-order valence-electron chi connectivity index (χ1n) is 16.6. The van der Waals surface area contributed by atoms with Crippen LogP contribution in [0.1, 0.15) is 0 Å². The second-order valence-electron chi connectivity index (χ2n) is 12.6. The molecule has 8 aromatic carbocycles. The maximum atomic E-state index is 5.36. The minimum Gasteiger partial charge on any atom is -0.226 e. The van der Waals surface area contributed by atoms with Crippen LogP contribution in [-0.2, 0) is 0 Å². The van der Waals surface area contributed by atoms with E-state index in [9.17, 15) is 0 Å². The minimum absolute atomic E-state index is 0.726. The Morgan fingerprint density at radius 3 is 1.80 bits per heavy atom. The van der Waals surface area contributed by atoms with Crippen LogP contribution < -0.4 is 0 Å². The van der Waals surface area contributed by atoms with E-state index >= 15 is 0 Å². The fraction of sp³-hybridized carbons (Fsp3) is 0. The van der Waals surface area contributed by atoms with E-state index in [1.54, 1.807) is 11.3 Å². The summed E-state index contributed by atoms with van der Waals surface area (Å²) in [5.74, 6) is 0.726. The van der Waals surface area contributed by atoms with E-state index in [0.29, 0.717) is 0 Å². The molecule has 0 atom stereocenters. The Bertz CT molecular complexity index is 2870. The van der Waals surface area contributed by atoms with Crippen molar-refractivity contribution in [2.45, 2.75) is 0 Å². The first kappa shape index (κ1) is 27.9. The van der Waals surface area contributed by atoms with Crippen LogP contribution in [0.25, 0.3) is 97.5 Å². The Hall–Kier alpha value is -6.16. The molecule has 3 heteroatoms. The van der Waals surface area contributed by atoms with Crippen molar-refractivity contribution in [3.05, 3.63) is 170 Å². The molecule has 0 saturated carbocycles. The highest BCUT2D eigenvalue weighted by Crippen LogP contribution is 2.43. The normalized spacial score (nSPS) is 11.7. The van der Waals surface area contributed by atoms with Gasteiger partial charge in [0.05, 0.1) is 15.9 Å². The molecule has 228 valence electrons. The molecule has 0 fully saturated rings. The predicted octanol–water partition coefficient (Wildman–Crippen LogP) is 13.0. The van der Waals surface area contributed by atoms with Crippen molar-refractivity contribution in [2.24, 2.45) is 0 Å². The van der Waals surface area contributed by atoms with Crippen molar-refractivity contribution in [1.29, 1.82) is 0 Å². The molecule has 0 amide bonds. The van der Waals surface area contributed by atoms with E-state index in [1.807, 2.05) is 0 Å². The molecule has 0 N–H and O–H groups in total. The van der Waals surface area contributed by atoms with Crippen molar-refractivity contribution >= 4 is 64.0 Å². The van der Waals surface area contributed by atoms with Gasteiger partial charge in [-0.25, -0.2) is 9.97 Å². The minimum atomic E-state index is 0.726. The van der Waals surface area contributed by atoms with Crippen molar-refractivity contribution in [2.75, 3.05) is 0 Å². The Morgan fingerprint density at radius 2 is 0.980 bits per heavy atom. The fourth-order valence-electron chi connectivity index (χ4n) is 7.32. The van der Waals surface area contributed by atoms with Crippen molar-refractivity contribution in [1.82, 2.24) is 9.97 Å². The van der Waals surface area contributed by atoms with E-state index < -0.39 is 0 Å². The average molecular weight is 641 g/mol. The van der Waals surface area contributed by atoms with Crippen LogP contribution in [0.5, 0.6) is 0 Å². The van der Waals surface area contributed by atoms with Gasteiger partial charge in [0.2, 0.25) is 0 Å². The number of rotatable bonds is 4. The van der Waals surface area contributed by atoms with Gasteiger partial charge < -0.3 is 0 Å². The first-order chi connectivity index (χ1) is 24.3. The van der Waals surface area contributed by atoms with Gasteiger partial charge in [-0.05, 0) is 84.9 Å². The third-order valence-electron chi connectivity index (χ3n) is 9.64. The van der Waals surface area contributed by atoms with Crippen LogP contribution in [-0.4, -0.2) is 9.97 Å². The molecule has 2 heterocycles. The van der Waals surface area contributed by atoms with E-state index in [4.69, 9.17) is 9.97 Å².